The van der Waals surface area contributed by atoms with Gasteiger partial charge in [0.15, 0.2) is 0 Å². The van der Waals surface area contributed by atoms with Crippen LogP contribution in [0.25, 0.3) is 0 Å². The molecule has 0 spiro atoms. The molecule has 0 saturated heterocycles. The molecule has 0 heterocycles. The van der Waals surface area contributed by atoms with Crippen LogP contribution in [0.15, 0.2) is 24.3 Å². The van der Waals surface area contributed by atoms with Crippen LogP contribution in [-0.4, -0.2) is 31.1 Å². The number of nitrogens with zero attached hydrogens (tertiary/aromatic N) is 1. The maximum atomic E-state index is 12.6. The van der Waals surface area contributed by atoms with Crippen LogP contribution in [-0.2, 0) is 4.79 Å². The first-order valence-corrected chi connectivity index (χ1v) is 7.55. The van der Waals surface area contributed by atoms with Crippen molar-refractivity contribution < 1.29 is 22.8 Å². The average molecular weight is 328 g/mol. The normalized spacial score (nSPS) is 16.0. The Labute approximate surface area is 132 Å². The Balaban J connectivity index is 2.19. The van der Waals surface area contributed by atoms with Crippen molar-refractivity contribution in [2.24, 2.45) is 0 Å². The van der Waals surface area contributed by atoms with Crippen LogP contribution in [0.4, 0.5) is 18.9 Å². The van der Waals surface area contributed by atoms with Crippen LogP contribution < -0.4 is 10.2 Å². The second-order valence-electron chi connectivity index (χ2n) is 5.69. The predicted molar refractivity (Wildman–Crippen MR) is 80.2 cm³/mol. The van der Waals surface area contributed by atoms with Crippen molar-refractivity contribution in [3.05, 3.63) is 29.8 Å². The first-order chi connectivity index (χ1) is 10.8. The summed E-state index contributed by atoms with van der Waals surface area (Å²) in [6.07, 6.45) is -0.0674. The first-order valence-electron chi connectivity index (χ1n) is 7.55. The minimum Gasteiger partial charge on any atom is -0.349 e. The highest BCUT2D eigenvalue weighted by molar-refractivity contribution is 6.05. The third-order valence-electron chi connectivity index (χ3n) is 4.00. The van der Waals surface area contributed by atoms with Gasteiger partial charge in [0.2, 0.25) is 0 Å². The molecule has 0 aromatic heterocycles. The average Bonchev–Trinajstić information content (AvgIpc) is 2.53. The van der Waals surface area contributed by atoms with Gasteiger partial charge in [-0.15, -0.1) is 0 Å². The Morgan fingerprint density at radius 1 is 1.13 bits per heavy atom. The monoisotopic (exact) mass is 328 g/mol. The molecule has 0 aliphatic heterocycles. The van der Waals surface area contributed by atoms with Gasteiger partial charge in [0.1, 0.15) is 0 Å². The molecule has 126 valence electrons. The number of benzene rings is 1. The summed E-state index contributed by atoms with van der Waals surface area (Å²) in [7, 11) is 1.02. The lowest BCUT2D eigenvalue weighted by atomic mass is 9.95. The van der Waals surface area contributed by atoms with Crippen LogP contribution in [0.3, 0.4) is 0 Å². The fourth-order valence-corrected chi connectivity index (χ4v) is 2.77. The zero-order valence-corrected chi connectivity index (χ0v) is 12.8. The van der Waals surface area contributed by atoms with Gasteiger partial charge in [0.25, 0.3) is 5.91 Å². The molecule has 0 bridgehead atoms. The molecule has 2 rings (SSSR count). The predicted octanol–water partition coefficient (Wildman–Crippen LogP) is 3.27. The third-order valence-corrected chi connectivity index (χ3v) is 4.00. The maximum Gasteiger partial charge on any atom is 0.471 e. The molecule has 1 aliphatic rings. The van der Waals surface area contributed by atoms with Gasteiger partial charge in [-0.3, -0.25) is 9.59 Å². The van der Waals surface area contributed by atoms with Gasteiger partial charge in [-0.2, -0.15) is 13.2 Å². The highest BCUT2D eigenvalue weighted by Crippen LogP contribution is 2.26. The van der Waals surface area contributed by atoms with Crippen LogP contribution in [0.2, 0.25) is 0 Å². The van der Waals surface area contributed by atoms with Crippen LogP contribution in [0.5, 0.6) is 0 Å². The lowest BCUT2D eigenvalue weighted by Crippen LogP contribution is -2.41. The number of para-hydroxylation sites is 1. The van der Waals surface area contributed by atoms with E-state index in [-0.39, 0.29) is 17.3 Å². The van der Waals surface area contributed by atoms with E-state index in [0.717, 1.165) is 39.2 Å². The quantitative estimate of drug-likeness (QED) is 0.926. The minimum atomic E-state index is -4.98. The summed E-state index contributed by atoms with van der Waals surface area (Å²) in [6.45, 7) is 0. The summed E-state index contributed by atoms with van der Waals surface area (Å²) in [4.78, 5) is 24.2. The van der Waals surface area contributed by atoms with E-state index in [9.17, 15) is 22.8 Å². The lowest BCUT2D eigenvalue weighted by Gasteiger charge is -2.25. The Morgan fingerprint density at radius 2 is 1.74 bits per heavy atom. The highest BCUT2D eigenvalue weighted by atomic mass is 19.4. The standard InChI is InChI=1S/C16H19F3N2O2/c1-21(15(23)16(17,18)19)13-10-6-5-9-12(13)14(22)20-11-7-3-2-4-8-11/h5-6,9-11H,2-4,7-8H2,1H3,(H,20,22). The number of amides is 2. The van der Waals surface area contributed by atoms with E-state index in [0.29, 0.717) is 4.90 Å². The SMILES string of the molecule is CN(C(=O)C(F)(F)F)c1ccccc1C(=O)NC1CCCCC1. The topological polar surface area (TPSA) is 49.4 Å². The maximum absolute atomic E-state index is 12.6. The number of carbonyl (C=O) groups excluding carboxylic acids is 2. The Bertz CT molecular complexity index is 581. The van der Waals surface area contributed by atoms with Gasteiger partial charge >= 0.3 is 12.1 Å². The van der Waals surface area contributed by atoms with Crippen molar-refractivity contribution in [3.8, 4) is 0 Å². The van der Waals surface area contributed by atoms with Gasteiger partial charge in [0.05, 0.1) is 11.3 Å². The van der Waals surface area contributed by atoms with Crippen molar-refractivity contribution in [1.29, 1.82) is 0 Å². The summed E-state index contributed by atoms with van der Waals surface area (Å²) >= 11 is 0. The van der Waals surface area contributed by atoms with E-state index >= 15 is 0 Å². The van der Waals surface area contributed by atoms with Crippen LogP contribution in [0, 0.1) is 0 Å². The Hall–Kier alpha value is -2.05. The first kappa shape index (κ1) is 17.3. The molecule has 1 N–H and O–H groups in total. The van der Waals surface area contributed by atoms with Crippen molar-refractivity contribution in [2.75, 3.05) is 11.9 Å². The molecular weight excluding hydrogens is 309 g/mol. The van der Waals surface area contributed by atoms with Crippen molar-refractivity contribution in [2.45, 2.75) is 44.3 Å². The number of carbonyl (C=O) groups is 2. The highest BCUT2D eigenvalue weighted by Gasteiger charge is 2.42. The van der Waals surface area contributed by atoms with Gasteiger partial charge in [-0.25, -0.2) is 0 Å². The number of rotatable bonds is 3. The molecule has 1 saturated carbocycles. The number of alkyl halides is 3. The molecule has 0 unspecified atom stereocenters. The fourth-order valence-electron chi connectivity index (χ4n) is 2.77. The molecule has 1 fully saturated rings. The molecule has 0 atom stereocenters. The van der Waals surface area contributed by atoms with E-state index in [1.165, 1.54) is 18.2 Å². The van der Waals surface area contributed by atoms with Gasteiger partial charge < -0.3 is 10.2 Å². The summed E-state index contributed by atoms with van der Waals surface area (Å²) in [5.74, 6) is -2.45. The van der Waals surface area contributed by atoms with Crippen molar-refractivity contribution in [1.82, 2.24) is 5.32 Å². The van der Waals surface area contributed by atoms with Crippen LogP contribution in [0.1, 0.15) is 42.5 Å². The number of nitrogens with one attached hydrogen (secondary N) is 1. The molecule has 4 nitrogen and oxygen atoms in total. The van der Waals surface area contributed by atoms with E-state index < -0.39 is 18.0 Å². The van der Waals surface area contributed by atoms with Gasteiger partial charge in [-0.05, 0) is 25.0 Å². The summed E-state index contributed by atoms with van der Waals surface area (Å²) < 4.78 is 37.8. The second-order valence-corrected chi connectivity index (χ2v) is 5.69. The molecule has 1 aromatic carbocycles. The summed E-state index contributed by atoms with van der Waals surface area (Å²) in [5.41, 5.74) is 0.0151. The van der Waals surface area contributed by atoms with E-state index in [1.807, 2.05) is 0 Å². The number of hydrogen-bond donors (Lipinski definition) is 1. The van der Waals surface area contributed by atoms with Crippen LogP contribution >= 0.6 is 0 Å². The Kier molecular flexibility index (Phi) is 5.28. The van der Waals surface area contributed by atoms with Crippen molar-refractivity contribution in [3.63, 3.8) is 0 Å². The molecule has 2 amide bonds. The zero-order chi connectivity index (χ0) is 17.0. The summed E-state index contributed by atoms with van der Waals surface area (Å²) in [6, 6.07) is 5.85. The largest absolute Gasteiger partial charge is 0.471 e. The number of halogens is 3. The zero-order valence-electron chi connectivity index (χ0n) is 12.8. The molecule has 7 heteroatoms. The fraction of sp³-hybridized carbons (Fsp3) is 0.500. The number of hydrogen-bond acceptors (Lipinski definition) is 2. The summed E-state index contributed by atoms with van der Waals surface area (Å²) in [5, 5.41) is 2.85. The second kappa shape index (κ2) is 7.02. The number of anilines is 1. The Morgan fingerprint density at radius 3 is 2.35 bits per heavy atom. The van der Waals surface area contributed by atoms with E-state index in [2.05, 4.69) is 5.32 Å². The molecule has 0 radical (unpaired) electrons. The smallest absolute Gasteiger partial charge is 0.349 e. The third kappa shape index (κ3) is 4.24. The molecule has 1 aliphatic carbocycles. The lowest BCUT2D eigenvalue weighted by molar-refractivity contribution is -0.170. The molecule has 23 heavy (non-hydrogen) atoms. The van der Waals surface area contributed by atoms with E-state index in [1.54, 1.807) is 6.07 Å². The molecular formula is C16H19F3N2O2. The van der Waals surface area contributed by atoms with Gasteiger partial charge in [0, 0.05) is 13.1 Å². The van der Waals surface area contributed by atoms with Crippen molar-refractivity contribution >= 4 is 17.5 Å². The molecule has 1 aromatic rings. The van der Waals surface area contributed by atoms with Gasteiger partial charge in [-0.1, -0.05) is 31.4 Å². The van der Waals surface area contributed by atoms with E-state index in [4.69, 9.17) is 0 Å². The minimum absolute atomic E-state index is 0.0351.